The fraction of sp³-hybridized carbons (Fsp3) is 0.455. The molecule has 1 aliphatic carbocycles. The van der Waals surface area contributed by atoms with Crippen molar-refractivity contribution in [3.05, 3.63) is 28.5 Å². The van der Waals surface area contributed by atoms with Crippen LogP contribution in [0.1, 0.15) is 23.5 Å². The fourth-order valence-corrected chi connectivity index (χ4v) is 2.25. The van der Waals surface area contributed by atoms with Crippen LogP contribution >= 0.6 is 11.3 Å². The summed E-state index contributed by atoms with van der Waals surface area (Å²) in [5.41, 5.74) is 1.11. The van der Waals surface area contributed by atoms with Crippen molar-refractivity contribution >= 4 is 17.3 Å². The highest BCUT2D eigenvalue weighted by Crippen LogP contribution is 2.24. The van der Waals surface area contributed by atoms with Crippen molar-refractivity contribution in [3.63, 3.8) is 0 Å². The summed E-state index contributed by atoms with van der Waals surface area (Å²) in [6.07, 6.45) is 6.37. The molecule has 1 saturated carbocycles. The van der Waals surface area contributed by atoms with Crippen LogP contribution in [0.2, 0.25) is 0 Å². The van der Waals surface area contributed by atoms with Crippen LogP contribution in [0.15, 0.2) is 17.8 Å². The molecule has 1 aliphatic rings. The van der Waals surface area contributed by atoms with E-state index in [2.05, 4.69) is 25.2 Å². The molecule has 2 heterocycles. The Morgan fingerprint density at radius 1 is 1.56 bits per heavy atom. The number of hydrogen-bond donors (Lipinski definition) is 1. The first-order valence-corrected chi connectivity index (χ1v) is 6.38. The Morgan fingerprint density at radius 2 is 2.44 bits per heavy atom. The first kappa shape index (κ1) is 9.84. The molecular weight excluding hydrogens is 220 g/mol. The van der Waals surface area contributed by atoms with Gasteiger partial charge in [-0.05, 0) is 19.8 Å². The summed E-state index contributed by atoms with van der Waals surface area (Å²) < 4.78 is 2.12. The Hall–Kier alpha value is -1.36. The molecule has 0 saturated heterocycles. The summed E-state index contributed by atoms with van der Waals surface area (Å²) in [7, 11) is 0. The van der Waals surface area contributed by atoms with Gasteiger partial charge in [0, 0.05) is 23.8 Å². The average molecular weight is 234 g/mol. The second-order valence-corrected chi connectivity index (χ2v) is 5.22. The van der Waals surface area contributed by atoms with E-state index in [1.54, 1.807) is 11.3 Å². The molecule has 0 aliphatic heterocycles. The van der Waals surface area contributed by atoms with Gasteiger partial charge in [0.15, 0.2) is 0 Å². The lowest BCUT2D eigenvalue weighted by atomic mass is 10.5. The lowest BCUT2D eigenvalue weighted by molar-refractivity contribution is 0.777. The van der Waals surface area contributed by atoms with E-state index in [4.69, 9.17) is 0 Å². The summed E-state index contributed by atoms with van der Waals surface area (Å²) in [6, 6.07) is 0.637. The van der Waals surface area contributed by atoms with Crippen LogP contribution < -0.4 is 5.32 Å². The fourth-order valence-electron chi connectivity index (χ4n) is 1.64. The van der Waals surface area contributed by atoms with Crippen LogP contribution in [0.4, 0.5) is 5.95 Å². The van der Waals surface area contributed by atoms with Gasteiger partial charge in [-0.3, -0.25) is 0 Å². The van der Waals surface area contributed by atoms with Crippen LogP contribution in [0, 0.1) is 6.92 Å². The Labute approximate surface area is 98.4 Å². The minimum absolute atomic E-state index is 0.637. The molecule has 1 N–H and O–H groups in total. The van der Waals surface area contributed by atoms with Gasteiger partial charge >= 0.3 is 0 Å². The number of aromatic nitrogens is 3. The van der Waals surface area contributed by atoms with Crippen LogP contribution in [0.5, 0.6) is 0 Å². The molecule has 0 atom stereocenters. The summed E-state index contributed by atoms with van der Waals surface area (Å²) >= 11 is 1.69. The number of rotatable bonds is 4. The topological polar surface area (TPSA) is 42.7 Å². The maximum Gasteiger partial charge on any atom is 0.203 e. The molecule has 0 aromatic carbocycles. The predicted octanol–water partition coefficient (Wildman–Crippen LogP) is 2.27. The molecule has 4 nitrogen and oxygen atoms in total. The zero-order chi connectivity index (χ0) is 11.0. The molecule has 0 unspecified atom stereocenters. The molecule has 3 rings (SSSR count). The average Bonchev–Trinajstić information content (AvgIpc) is 2.82. The van der Waals surface area contributed by atoms with E-state index in [0.717, 1.165) is 23.2 Å². The van der Waals surface area contributed by atoms with E-state index in [1.807, 2.05) is 19.3 Å². The maximum absolute atomic E-state index is 4.46. The van der Waals surface area contributed by atoms with Gasteiger partial charge in [0.2, 0.25) is 5.95 Å². The van der Waals surface area contributed by atoms with Crippen molar-refractivity contribution in [3.8, 4) is 0 Å². The number of imidazole rings is 1. The SMILES string of the molecule is Cc1nc(Cn2ccnc2NC2CC2)cs1. The molecule has 5 heteroatoms. The Kier molecular flexibility index (Phi) is 2.40. The van der Waals surface area contributed by atoms with E-state index < -0.39 is 0 Å². The minimum Gasteiger partial charge on any atom is -0.353 e. The summed E-state index contributed by atoms with van der Waals surface area (Å²) in [4.78, 5) is 8.79. The third kappa shape index (κ3) is 2.09. The lowest BCUT2D eigenvalue weighted by Gasteiger charge is -2.07. The molecular formula is C11H14N4S. The standard InChI is InChI=1S/C11H14N4S/c1-8-13-10(7-16-8)6-15-5-4-12-11(15)14-9-2-3-9/h4-5,7,9H,2-3,6H2,1H3,(H,12,14). The first-order valence-electron chi connectivity index (χ1n) is 5.50. The quantitative estimate of drug-likeness (QED) is 0.882. The number of hydrogen-bond acceptors (Lipinski definition) is 4. The molecule has 16 heavy (non-hydrogen) atoms. The molecule has 1 fully saturated rings. The number of nitrogens with one attached hydrogen (secondary N) is 1. The van der Waals surface area contributed by atoms with Gasteiger partial charge < -0.3 is 9.88 Å². The highest BCUT2D eigenvalue weighted by Gasteiger charge is 2.22. The number of aryl methyl sites for hydroxylation is 1. The summed E-state index contributed by atoms with van der Waals surface area (Å²) in [5, 5.41) is 6.64. The molecule has 0 spiro atoms. The maximum atomic E-state index is 4.46. The van der Waals surface area contributed by atoms with E-state index in [0.29, 0.717) is 6.04 Å². The van der Waals surface area contributed by atoms with Crippen LogP contribution in [0.3, 0.4) is 0 Å². The van der Waals surface area contributed by atoms with Crippen molar-refractivity contribution in [1.29, 1.82) is 0 Å². The minimum atomic E-state index is 0.637. The Balaban J connectivity index is 1.75. The van der Waals surface area contributed by atoms with Crippen LogP contribution in [0.25, 0.3) is 0 Å². The molecule has 0 bridgehead atoms. The molecule has 2 aromatic heterocycles. The predicted molar refractivity (Wildman–Crippen MR) is 64.8 cm³/mol. The van der Waals surface area contributed by atoms with E-state index in [1.165, 1.54) is 12.8 Å². The second-order valence-electron chi connectivity index (χ2n) is 4.16. The highest BCUT2D eigenvalue weighted by molar-refractivity contribution is 7.09. The molecule has 2 aromatic rings. The van der Waals surface area contributed by atoms with E-state index in [-0.39, 0.29) is 0 Å². The van der Waals surface area contributed by atoms with Crippen molar-refractivity contribution in [2.75, 3.05) is 5.32 Å². The number of nitrogens with zero attached hydrogens (tertiary/aromatic N) is 3. The highest BCUT2D eigenvalue weighted by atomic mass is 32.1. The zero-order valence-electron chi connectivity index (χ0n) is 9.18. The van der Waals surface area contributed by atoms with Gasteiger partial charge in [0.25, 0.3) is 0 Å². The molecule has 84 valence electrons. The van der Waals surface area contributed by atoms with Gasteiger partial charge in [-0.1, -0.05) is 0 Å². The van der Waals surface area contributed by atoms with Gasteiger partial charge in [-0.15, -0.1) is 11.3 Å². The van der Waals surface area contributed by atoms with Gasteiger partial charge in [-0.2, -0.15) is 0 Å². The number of thiazole rings is 1. The van der Waals surface area contributed by atoms with E-state index >= 15 is 0 Å². The number of anilines is 1. The van der Waals surface area contributed by atoms with Crippen molar-refractivity contribution < 1.29 is 0 Å². The van der Waals surface area contributed by atoms with Gasteiger partial charge in [0.1, 0.15) is 0 Å². The lowest BCUT2D eigenvalue weighted by Crippen LogP contribution is -2.09. The normalized spacial score (nSPS) is 15.3. The summed E-state index contributed by atoms with van der Waals surface area (Å²) in [6.45, 7) is 2.84. The monoisotopic (exact) mass is 234 g/mol. The van der Waals surface area contributed by atoms with Crippen molar-refractivity contribution in [2.45, 2.75) is 32.4 Å². The van der Waals surface area contributed by atoms with Crippen LogP contribution in [-0.2, 0) is 6.54 Å². The smallest absolute Gasteiger partial charge is 0.203 e. The Morgan fingerprint density at radius 3 is 3.12 bits per heavy atom. The van der Waals surface area contributed by atoms with Crippen molar-refractivity contribution in [2.24, 2.45) is 0 Å². The zero-order valence-corrected chi connectivity index (χ0v) is 10.00. The van der Waals surface area contributed by atoms with Crippen molar-refractivity contribution in [1.82, 2.24) is 14.5 Å². The van der Waals surface area contributed by atoms with Gasteiger partial charge in [0.05, 0.1) is 17.2 Å². The molecule has 0 amide bonds. The molecule has 0 radical (unpaired) electrons. The Bertz CT molecular complexity index is 484. The van der Waals surface area contributed by atoms with Crippen LogP contribution in [-0.4, -0.2) is 20.6 Å². The second kappa shape index (κ2) is 3.90. The first-order chi connectivity index (χ1) is 7.81. The largest absolute Gasteiger partial charge is 0.353 e. The summed E-state index contributed by atoms with van der Waals surface area (Å²) in [5.74, 6) is 0.966. The third-order valence-electron chi connectivity index (χ3n) is 2.62. The van der Waals surface area contributed by atoms with Gasteiger partial charge in [-0.25, -0.2) is 9.97 Å². The van der Waals surface area contributed by atoms with E-state index in [9.17, 15) is 0 Å². The third-order valence-corrected chi connectivity index (χ3v) is 3.45.